The van der Waals surface area contributed by atoms with Crippen LogP contribution in [-0.4, -0.2) is 29.1 Å². The van der Waals surface area contributed by atoms with Gasteiger partial charge in [0.05, 0.1) is 19.1 Å². The third-order valence-electron chi connectivity index (χ3n) is 2.10. The third kappa shape index (κ3) is 1.55. The minimum Gasteiger partial charge on any atom is -0.396 e. The molecule has 0 aromatic carbocycles. The van der Waals surface area contributed by atoms with Crippen LogP contribution in [0.5, 0.6) is 0 Å². The maximum absolute atomic E-state index is 13.5. The zero-order valence-electron chi connectivity index (χ0n) is 6.98. The summed E-state index contributed by atoms with van der Waals surface area (Å²) in [6.45, 7) is -2.29. The van der Waals surface area contributed by atoms with Crippen molar-refractivity contribution < 1.29 is 27.8 Å². The summed E-state index contributed by atoms with van der Waals surface area (Å²) in [4.78, 5) is 0. The van der Waals surface area contributed by atoms with E-state index in [2.05, 4.69) is 0 Å². The Morgan fingerprint density at radius 2 is 1.86 bits per heavy atom. The minimum atomic E-state index is -2.79. The molecule has 2 nitrogen and oxygen atoms in total. The molecule has 0 heterocycles. The highest BCUT2D eigenvalue weighted by Gasteiger charge is 2.45. The molecule has 0 fully saturated rings. The number of aliphatic hydroxyl groups excluding tert-OH is 2. The molecule has 1 aliphatic carbocycles. The van der Waals surface area contributed by atoms with Gasteiger partial charge >= 0.3 is 0 Å². The van der Waals surface area contributed by atoms with Gasteiger partial charge < -0.3 is 10.2 Å². The molecule has 0 aliphatic heterocycles. The highest BCUT2D eigenvalue weighted by Crippen LogP contribution is 2.40. The van der Waals surface area contributed by atoms with Crippen LogP contribution in [0, 0.1) is 5.92 Å². The molecular formula is C8H8F4O2. The van der Waals surface area contributed by atoms with Gasteiger partial charge in [-0.3, -0.25) is 0 Å². The normalized spacial score (nSPS) is 33.3. The SMILES string of the molecule is OCC1C(F)=C(F)C(F)=CC1(F)CO. The van der Waals surface area contributed by atoms with Gasteiger partial charge in [0.15, 0.2) is 17.3 Å². The second kappa shape index (κ2) is 3.70. The fourth-order valence-electron chi connectivity index (χ4n) is 1.24. The number of hydrogen-bond acceptors (Lipinski definition) is 2. The van der Waals surface area contributed by atoms with Gasteiger partial charge in [0.25, 0.3) is 0 Å². The van der Waals surface area contributed by atoms with Crippen molar-refractivity contribution >= 4 is 0 Å². The summed E-state index contributed by atoms with van der Waals surface area (Å²) in [5, 5.41) is 17.2. The van der Waals surface area contributed by atoms with E-state index < -0.39 is 42.3 Å². The van der Waals surface area contributed by atoms with Crippen molar-refractivity contribution in [2.75, 3.05) is 13.2 Å². The number of allylic oxidation sites excluding steroid dienone is 2. The van der Waals surface area contributed by atoms with Crippen LogP contribution < -0.4 is 0 Å². The third-order valence-corrected chi connectivity index (χ3v) is 2.10. The summed E-state index contributed by atoms with van der Waals surface area (Å²) in [5.41, 5.74) is -2.79. The largest absolute Gasteiger partial charge is 0.396 e. The molecule has 6 heteroatoms. The average Bonchev–Trinajstić information content (AvgIpc) is 2.15. The molecular weight excluding hydrogens is 204 g/mol. The quantitative estimate of drug-likeness (QED) is 0.677. The van der Waals surface area contributed by atoms with Crippen LogP contribution in [0.3, 0.4) is 0 Å². The number of aliphatic hydroxyl groups is 2. The average molecular weight is 212 g/mol. The Morgan fingerprint density at radius 1 is 1.29 bits per heavy atom. The van der Waals surface area contributed by atoms with E-state index in [9.17, 15) is 17.6 Å². The summed E-state index contributed by atoms with van der Waals surface area (Å²) in [6, 6.07) is 0. The van der Waals surface area contributed by atoms with Gasteiger partial charge in [-0.05, 0) is 6.08 Å². The molecule has 2 N–H and O–H groups in total. The molecule has 2 atom stereocenters. The second-order valence-electron chi connectivity index (χ2n) is 2.97. The summed E-state index contributed by atoms with van der Waals surface area (Å²) in [6.07, 6.45) is 0.131. The zero-order valence-corrected chi connectivity index (χ0v) is 6.98. The van der Waals surface area contributed by atoms with E-state index in [-0.39, 0.29) is 6.08 Å². The van der Waals surface area contributed by atoms with Crippen LogP contribution in [0.15, 0.2) is 23.6 Å². The van der Waals surface area contributed by atoms with E-state index in [1.807, 2.05) is 0 Å². The molecule has 2 unspecified atom stereocenters. The Balaban J connectivity index is 3.17. The number of rotatable bonds is 2. The Morgan fingerprint density at radius 3 is 2.29 bits per heavy atom. The van der Waals surface area contributed by atoms with E-state index in [0.717, 1.165) is 0 Å². The van der Waals surface area contributed by atoms with Gasteiger partial charge in [0.1, 0.15) is 5.83 Å². The van der Waals surface area contributed by atoms with E-state index in [1.165, 1.54) is 0 Å². The van der Waals surface area contributed by atoms with Gasteiger partial charge in [0, 0.05) is 0 Å². The summed E-state index contributed by atoms with van der Waals surface area (Å²) in [5.74, 6) is -7.15. The van der Waals surface area contributed by atoms with Gasteiger partial charge in [-0.25, -0.2) is 17.6 Å². The van der Waals surface area contributed by atoms with Gasteiger partial charge in [-0.15, -0.1) is 0 Å². The van der Waals surface area contributed by atoms with Gasteiger partial charge in [0.2, 0.25) is 0 Å². The van der Waals surface area contributed by atoms with Crippen molar-refractivity contribution in [3.63, 3.8) is 0 Å². The lowest BCUT2D eigenvalue weighted by atomic mass is 9.85. The van der Waals surface area contributed by atoms with Gasteiger partial charge in [-0.1, -0.05) is 0 Å². The van der Waals surface area contributed by atoms with E-state index in [0.29, 0.717) is 0 Å². The Bertz CT molecular complexity index is 300. The van der Waals surface area contributed by atoms with E-state index in [4.69, 9.17) is 10.2 Å². The van der Waals surface area contributed by atoms with Crippen molar-refractivity contribution in [3.8, 4) is 0 Å². The van der Waals surface area contributed by atoms with E-state index >= 15 is 0 Å². The highest BCUT2D eigenvalue weighted by atomic mass is 19.2. The Kier molecular flexibility index (Phi) is 2.96. The maximum atomic E-state index is 13.5. The lowest BCUT2D eigenvalue weighted by Gasteiger charge is -2.29. The molecule has 0 radical (unpaired) electrons. The molecule has 0 spiro atoms. The molecule has 0 saturated carbocycles. The van der Waals surface area contributed by atoms with Crippen LogP contribution in [0.25, 0.3) is 0 Å². The molecule has 0 aromatic heterocycles. The van der Waals surface area contributed by atoms with E-state index in [1.54, 1.807) is 0 Å². The Hall–Kier alpha value is -0.880. The lowest BCUT2D eigenvalue weighted by molar-refractivity contribution is 0.0285. The second-order valence-corrected chi connectivity index (χ2v) is 2.97. The Labute approximate surface area is 77.2 Å². The van der Waals surface area contributed by atoms with Crippen LogP contribution in [0.2, 0.25) is 0 Å². The lowest BCUT2D eigenvalue weighted by Crippen LogP contribution is -2.40. The monoisotopic (exact) mass is 212 g/mol. The van der Waals surface area contributed by atoms with Crippen molar-refractivity contribution in [2.45, 2.75) is 5.67 Å². The van der Waals surface area contributed by atoms with Crippen molar-refractivity contribution in [3.05, 3.63) is 23.6 Å². The van der Waals surface area contributed by atoms with Crippen molar-refractivity contribution in [1.29, 1.82) is 0 Å². The summed E-state index contributed by atoms with van der Waals surface area (Å²) >= 11 is 0. The molecule has 1 rings (SSSR count). The molecule has 1 aliphatic rings. The van der Waals surface area contributed by atoms with Crippen LogP contribution >= 0.6 is 0 Å². The van der Waals surface area contributed by atoms with Crippen LogP contribution in [-0.2, 0) is 0 Å². The first-order valence-electron chi connectivity index (χ1n) is 3.80. The first kappa shape index (κ1) is 11.2. The predicted octanol–water partition coefficient (Wildman–Crippen LogP) is 1.31. The van der Waals surface area contributed by atoms with Crippen molar-refractivity contribution in [1.82, 2.24) is 0 Å². The molecule has 0 aromatic rings. The molecule has 0 saturated heterocycles. The van der Waals surface area contributed by atoms with Crippen LogP contribution in [0.1, 0.15) is 0 Å². The molecule has 80 valence electrons. The molecule has 0 amide bonds. The number of alkyl halides is 1. The predicted molar refractivity (Wildman–Crippen MR) is 39.9 cm³/mol. The smallest absolute Gasteiger partial charge is 0.190 e. The first-order valence-corrected chi connectivity index (χ1v) is 3.80. The fraction of sp³-hybridized carbons (Fsp3) is 0.500. The maximum Gasteiger partial charge on any atom is 0.190 e. The summed E-state index contributed by atoms with van der Waals surface area (Å²) < 4.78 is 51.5. The zero-order chi connectivity index (χ0) is 10.9. The molecule has 14 heavy (non-hydrogen) atoms. The highest BCUT2D eigenvalue weighted by molar-refractivity contribution is 5.34. The van der Waals surface area contributed by atoms with Gasteiger partial charge in [-0.2, -0.15) is 0 Å². The minimum absolute atomic E-state index is 0.131. The number of hydrogen-bond donors (Lipinski definition) is 2. The number of halogens is 4. The topological polar surface area (TPSA) is 40.5 Å². The molecule has 0 bridgehead atoms. The van der Waals surface area contributed by atoms with Crippen molar-refractivity contribution in [2.24, 2.45) is 5.92 Å². The summed E-state index contributed by atoms with van der Waals surface area (Å²) in [7, 11) is 0. The fourth-order valence-corrected chi connectivity index (χ4v) is 1.24. The standard InChI is InChI=1S/C8H8F4O2/c9-5-1-8(12,3-14)4(2-13)6(10)7(5)11/h1,4,13-14H,2-3H2. The first-order chi connectivity index (χ1) is 6.46. The van der Waals surface area contributed by atoms with Crippen LogP contribution in [0.4, 0.5) is 17.6 Å².